The Morgan fingerprint density at radius 2 is 2.26 bits per heavy atom. The lowest BCUT2D eigenvalue weighted by atomic mass is 9.91. The first-order valence-corrected chi connectivity index (χ1v) is 6.98. The van der Waals surface area contributed by atoms with E-state index in [-0.39, 0.29) is 17.6 Å². The zero-order valence-electron chi connectivity index (χ0n) is 10.8. The van der Waals surface area contributed by atoms with E-state index in [1.165, 1.54) is 0 Å². The molecule has 100 valence electrons. The monoisotopic (exact) mass is 277 g/mol. The summed E-state index contributed by atoms with van der Waals surface area (Å²) in [4.78, 5) is 4.33. The van der Waals surface area contributed by atoms with Crippen molar-refractivity contribution < 1.29 is 9.47 Å². The Hall–Kier alpha value is -1.32. The molecule has 0 radical (unpaired) electrons. The normalized spacial score (nSPS) is 26.1. The fourth-order valence-corrected chi connectivity index (χ4v) is 2.75. The molecule has 0 saturated heterocycles. The van der Waals surface area contributed by atoms with Gasteiger partial charge in [-0.1, -0.05) is 6.07 Å². The van der Waals surface area contributed by atoms with Crippen LogP contribution in [0.5, 0.6) is 5.75 Å². The lowest BCUT2D eigenvalue weighted by Crippen LogP contribution is -2.52. The summed E-state index contributed by atoms with van der Waals surface area (Å²) in [6.07, 6.45) is 2.65. The van der Waals surface area contributed by atoms with E-state index < -0.39 is 0 Å². The Kier molecular flexibility index (Phi) is 3.58. The molecular formula is C15H16ClNO2. The number of benzene rings is 1. The molecule has 2 aromatic rings. The Balaban J connectivity index is 1.75. The number of hydrogen-bond acceptors (Lipinski definition) is 3. The molecule has 1 aromatic heterocycles. The fourth-order valence-electron chi connectivity index (χ4n) is 2.34. The molecule has 1 saturated carbocycles. The van der Waals surface area contributed by atoms with Crippen molar-refractivity contribution in [3.8, 4) is 5.75 Å². The second-order valence-electron chi connectivity index (χ2n) is 4.69. The average Bonchev–Trinajstić information content (AvgIpc) is 2.44. The van der Waals surface area contributed by atoms with Gasteiger partial charge in [-0.05, 0) is 25.1 Å². The molecule has 1 heterocycles. The first kappa shape index (κ1) is 12.7. The first-order chi connectivity index (χ1) is 9.28. The lowest BCUT2D eigenvalue weighted by Gasteiger charge is -2.40. The summed E-state index contributed by atoms with van der Waals surface area (Å²) < 4.78 is 11.5. The van der Waals surface area contributed by atoms with Crippen LogP contribution in [0, 0.1) is 0 Å². The number of halogens is 1. The maximum Gasteiger partial charge on any atom is 0.128 e. The van der Waals surface area contributed by atoms with E-state index >= 15 is 0 Å². The van der Waals surface area contributed by atoms with Crippen LogP contribution in [-0.2, 0) is 4.74 Å². The van der Waals surface area contributed by atoms with Gasteiger partial charge in [-0.25, -0.2) is 0 Å². The molecule has 0 spiro atoms. The Labute approximate surface area is 117 Å². The number of nitrogens with zero attached hydrogens (tertiary/aromatic N) is 1. The average molecular weight is 278 g/mol. The molecule has 3 rings (SSSR count). The second kappa shape index (κ2) is 5.35. The van der Waals surface area contributed by atoms with Gasteiger partial charge in [-0.2, -0.15) is 0 Å². The Morgan fingerprint density at radius 3 is 3.05 bits per heavy atom. The molecule has 0 bridgehead atoms. The molecule has 0 aliphatic heterocycles. The number of hydrogen-bond donors (Lipinski definition) is 0. The van der Waals surface area contributed by atoms with E-state index in [2.05, 4.69) is 4.98 Å². The van der Waals surface area contributed by atoms with Crippen molar-refractivity contribution >= 4 is 22.5 Å². The van der Waals surface area contributed by atoms with E-state index in [1.807, 2.05) is 37.3 Å². The van der Waals surface area contributed by atoms with Gasteiger partial charge in [0.1, 0.15) is 18.0 Å². The van der Waals surface area contributed by atoms with Gasteiger partial charge in [0, 0.05) is 30.7 Å². The van der Waals surface area contributed by atoms with Crippen molar-refractivity contribution in [2.75, 3.05) is 6.61 Å². The predicted octanol–water partition coefficient (Wildman–Crippen LogP) is 3.40. The van der Waals surface area contributed by atoms with Gasteiger partial charge < -0.3 is 9.47 Å². The molecule has 1 aliphatic carbocycles. The molecule has 0 amide bonds. The third kappa shape index (κ3) is 2.53. The molecule has 3 unspecified atom stereocenters. The van der Waals surface area contributed by atoms with Crippen molar-refractivity contribution in [2.24, 2.45) is 0 Å². The van der Waals surface area contributed by atoms with E-state index in [0.717, 1.165) is 23.1 Å². The van der Waals surface area contributed by atoms with Crippen molar-refractivity contribution in [2.45, 2.75) is 30.9 Å². The van der Waals surface area contributed by atoms with Crippen molar-refractivity contribution in [3.05, 3.63) is 36.5 Å². The van der Waals surface area contributed by atoms with Gasteiger partial charge >= 0.3 is 0 Å². The SMILES string of the molecule is CCOC1C(Cl)CC1Oc1ccc2cccnc2c1. The van der Waals surface area contributed by atoms with E-state index in [1.54, 1.807) is 6.20 Å². The van der Waals surface area contributed by atoms with Crippen LogP contribution in [-0.4, -0.2) is 29.2 Å². The number of aromatic nitrogens is 1. The standard InChI is InChI=1S/C15H16ClNO2/c1-2-18-15-12(16)9-14(15)19-11-6-5-10-4-3-7-17-13(10)8-11/h3-8,12,14-15H,2,9H2,1H3. The maximum atomic E-state index is 6.13. The summed E-state index contributed by atoms with van der Waals surface area (Å²) in [5.41, 5.74) is 0.940. The van der Waals surface area contributed by atoms with E-state index in [4.69, 9.17) is 21.1 Å². The minimum atomic E-state index is -0.00824. The molecule has 0 N–H and O–H groups in total. The highest BCUT2D eigenvalue weighted by Gasteiger charge is 2.42. The van der Waals surface area contributed by atoms with Gasteiger partial charge in [0.15, 0.2) is 0 Å². The van der Waals surface area contributed by atoms with E-state index in [0.29, 0.717) is 6.61 Å². The van der Waals surface area contributed by atoms with Crippen LogP contribution in [0.25, 0.3) is 10.9 Å². The van der Waals surface area contributed by atoms with Crippen molar-refractivity contribution in [1.29, 1.82) is 0 Å². The van der Waals surface area contributed by atoms with Gasteiger partial charge in [0.25, 0.3) is 0 Å². The summed E-state index contributed by atoms with van der Waals surface area (Å²) in [6.45, 7) is 2.63. The summed E-state index contributed by atoms with van der Waals surface area (Å²) in [7, 11) is 0. The van der Waals surface area contributed by atoms with Crippen LogP contribution >= 0.6 is 11.6 Å². The predicted molar refractivity (Wildman–Crippen MR) is 75.8 cm³/mol. The van der Waals surface area contributed by atoms with Gasteiger partial charge in [-0.15, -0.1) is 11.6 Å². The summed E-state index contributed by atoms with van der Waals surface area (Å²) in [5.74, 6) is 0.824. The van der Waals surface area contributed by atoms with Crippen LogP contribution < -0.4 is 4.74 Å². The molecular weight excluding hydrogens is 262 g/mol. The fraction of sp³-hybridized carbons (Fsp3) is 0.400. The zero-order chi connectivity index (χ0) is 13.2. The first-order valence-electron chi connectivity index (χ1n) is 6.55. The van der Waals surface area contributed by atoms with Crippen LogP contribution in [0.15, 0.2) is 36.5 Å². The van der Waals surface area contributed by atoms with Crippen molar-refractivity contribution in [1.82, 2.24) is 4.98 Å². The highest BCUT2D eigenvalue weighted by atomic mass is 35.5. The van der Waals surface area contributed by atoms with E-state index in [9.17, 15) is 0 Å². The van der Waals surface area contributed by atoms with Gasteiger partial charge in [0.2, 0.25) is 0 Å². The molecule has 1 fully saturated rings. The third-order valence-electron chi connectivity index (χ3n) is 3.40. The van der Waals surface area contributed by atoms with Crippen LogP contribution in [0.3, 0.4) is 0 Å². The Bertz CT molecular complexity index is 575. The minimum absolute atomic E-state index is 0.00824. The molecule has 19 heavy (non-hydrogen) atoms. The van der Waals surface area contributed by atoms with Crippen LogP contribution in [0.4, 0.5) is 0 Å². The van der Waals surface area contributed by atoms with Gasteiger partial charge in [-0.3, -0.25) is 4.98 Å². The molecule has 3 nitrogen and oxygen atoms in total. The highest BCUT2D eigenvalue weighted by Crippen LogP contribution is 2.33. The summed E-state index contributed by atoms with van der Waals surface area (Å²) in [5, 5.41) is 1.17. The summed E-state index contributed by atoms with van der Waals surface area (Å²) in [6, 6.07) is 9.91. The number of rotatable bonds is 4. The quantitative estimate of drug-likeness (QED) is 0.803. The number of alkyl halides is 1. The van der Waals surface area contributed by atoms with Crippen LogP contribution in [0.2, 0.25) is 0 Å². The molecule has 3 atom stereocenters. The number of fused-ring (bicyclic) bond motifs is 1. The topological polar surface area (TPSA) is 31.4 Å². The van der Waals surface area contributed by atoms with Crippen molar-refractivity contribution in [3.63, 3.8) is 0 Å². The number of pyridine rings is 1. The summed E-state index contributed by atoms with van der Waals surface area (Å²) >= 11 is 6.13. The smallest absolute Gasteiger partial charge is 0.128 e. The maximum absolute atomic E-state index is 6.13. The minimum Gasteiger partial charge on any atom is -0.488 e. The van der Waals surface area contributed by atoms with Crippen LogP contribution in [0.1, 0.15) is 13.3 Å². The molecule has 1 aromatic carbocycles. The second-order valence-corrected chi connectivity index (χ2v) is 5.25. The van der Waals surface area contributed by atoms with Gasteiger partial charge in [0.05, 0.1) is 10.9 Å². The Morgan fingerprint density at radius 1 is 1.37 bits per heavy atom. The lowest BCUT2D eigenvalue weighted by molar-refractivity contribution is -0.0759. The highest BCUT2D eigenvalue weighted by molar-refractivity contribution is 6.21. The molecule has 4 heteroatoms. The number of ether oxygens (including phenoxy) is 2. The zero-order valence-corrected chi connectivity index (χ0v) is 11.5. The third-order valence-corrected chi connectivity index (χ3v) is 3.83. The largest absolute Gasteiger partial charge is 0.488 e. The molecule has 1 aliphatic rings.